The second-order valence-electron chi connectivity index (χ2n) is 2.14. The molecule has 1 N–H and O–H groups in total. The van der Waals surface area contributed by atoms with E-state index in [4.69, 9.17) is 5.11 Å². The van der Waals surface area contributed by atoms with E-state index in [1.807, 2.05) is 19.2 Å². The molecular weight excluding hydrogens is 170 g/mol. The number of aryl methyl sites for hydroxylation is 1. The molecule has 1 aromatic heterocycles. The molecule has 1 heterocycles. The summed E-state index contributed by atoms with van der Waals surface area (Å²) in [5.41, 5.74) is 1.11. The van der Waals surface area contributed by atoms with E-state index in [2.05, 4.69) is 11.9 Å². The van der Waals surface area contributed by atoms with Crippen LogP contribution in [0.1, 0.15) is 37.9 Å². The molecular formula is C9H17NOS. The van der Waals surface area contributed by atoms with Crippen molar-refractivity contribution < 1.29 is 5.11 Å². The van der Waals surface area contributed by atoms with Crippen molar-refractivity contribution in [3.05, 3.63) is 16.1 Å². The number of aliphatic hydroxyl groups excluding tert-OH is 1. The first-order chi connectivity index (χ1) is 5.86. The number of hydrogen-bond acceptors (Lipinski definition) is 3. The Bertz CT molecular complexity index is 198. The molecule has 0 radical (unpaired) electrons. The van der Waals surface area contributed by atoms with Crippen molar-refractivity contribution in [2.45, 2.75) is 40.2 Å². The third kappa shape index (κ3) is 3.83. The van der Waals surface area contributed by atoms with Gasteiger partial charge in [0.1, 0.15) is 5.01 Å². The van der Waals surface area contributed by atoms with Gasteiger partial charge in [-0.25, -0.2) is 4.98 Å². The quantitative estimate of drug-likeness (QED) is 0.789. The highest BCUT2D eigenvalue weighted by molar-refractivity contribution is 7.09. The number of aliphatic hydroxyl groups is 1. The average molecular weight is 187 g/mol. The SMILES string of the molecule is CC.CCCc1csc(CO)n1. The molecule has 0 amide bonds. The van der Waals surface area contributed by atoms with Crippen molar-refractivity contribution in [2.24, 2.45) is 0 Å². The van der Waals surface area contributed by atoms with Crippen LogP contribution in [-0.4, -0.2) is 10.1 Å². The van der Waals surface area contributed by atoms with Gasteiger partial charge in [-0.3, -0.25) is 0 Å². The summed E-state index contributed by atoms with van der Waals surface area (Å²) in [5.74, 6) is 0. The molecule has 0 aromatic carbocycles. The summed E-state index contributed by atoms with van der Waals surface area (Å²) in [6.07, 6.45) is 2.14. The van der Waals surface area contributed by atoms with E-state index >= 15 is 0 Å². The number of aromatic nitrogens is 1. The number of rotatable bonds is 3. The summed E-state index contributed by atoms with van der Waals surface area (Å²) in [4.78, 5) is 4.19. The zero-order valence-electron chi connectivity index (χ0n) is 8.00. The van der Waals surface area contributed by atoms with Gasteiger partial charge >= 0.3 is 0 Å². The van der Waals surface area contributed by atoms with E-state index in [9.17, 15) is 0 Å². The zero-order valence-corrected chi connectivity index (χ0v) is 8.82. The van der Waals surface area contributed by atoms with Crippen LogP contribution >= 0.6 is 11.3 Å². The van der Waals surface area contributed by atoms with E-state index in [1.165, 1.54) is 11.3 Å². The van der Waals surface area contributed by atoms with Gasteiger partial charge in [-0.05, 0) is 6.42 Å². The average Bonchev–Trinajstić information content (AvgIpc) is 2.57. The highest BCUT2D eigenvalue weighted by Crippen LogP contribution is 2.10. The molecule has 0 bridgehead atoms. The van der Waals surface area contributed by atoms with Crippen molar-refractivity contribution in [1.82, 2.24) is 4.98 Å². The largest absolute Gasteiger partial charge is 0.389 e. The summed E-state index contributed by atoms with van der Waals surface area (Å²) >= 11 is 1.53. The molecule has 70 valence electrons. The summed E-state index contributed by atoms with van der Waals surface area (Å²) in [6, 6.07) is 0. The maximum Gasteiger partial charge on any atom is 0.118 e. The van der Waals surface area contributed by atoms with E-state index in [0.29, 0.717) is 0 Å². The van der Waals surface area contributed by atoms with Gasteiger partial charge in [-0.15, -0.1) is 11.3 Å². The molecule has 0 atom stereocenters. The first-order valence-corrected chi connectivity index (χ1v) is 5.29. The predicted octanol–water partition coefficient (Wildman–Crippen LogP) is 2.61. The van der Waals surface area contributed by atoms with Crippen LogP contribution < -0.4 is 0 Å². The van der Waals surface area contributed by atoms with Gasteiger partial charge in [0.2, 0.25) is 0 Å². The molecule has 0 aliphatic heterocycles. The van der Waals surface area contributed by atoms with E-state index < -0.39 is 0 Å². The third-order valence-corrected chi connectivity index (χ3v) is 2.12. The molecule has 12 heavy (non-hydrogen) atoms. The third-order valence-electron chi connectivity index (χ3n) is 1.24. The van der Waals surface area contributed by atoms with Gasteiger partial charge in [0, 0.05) is 5.38 Å². The van der Waals surface area contributed by atoms with Crippen molar-refractivity contribution in [1.29, 1.82) is 0 Å². The minimum Gasteiger partial charge on any atom is -0.389 e. The Hall–Kier alpha value is -0.410. The maximum atomic E-state index is 8.67. The minimum absolute atomic E-state index is 0.0778. The summed E-state index contributed by atoms with van der Waals surface area (Å²) < 4.78 is 0. The van der Waals surface area contributed by atoms with E-state index in [-0.39, 0.29) is 6.61 Å². The fourth-order valence-electron chi connectivity index (χ4n) is 0.793. The topological polar surface area (TPSA) is 33.1 Å². The summed E-state index contributed by atoms with van der Waals surface area (Å²) in [6.45, 7) is 6.20. The van der Waals surface area contributed by atoms with E-state index in [0.717, 1.165) is 23.5 Å². The standard InChI is InChI=1S/C7H11NOS.C2H6/c1-2-3-6-5-10-7(4-9)8-6;1-2/h5,9H,2-4H2,1H3;1-2H3. The lowest BCUT2D eigenvalue weighted by Gasteiger charge is -1.87. The monoisotopic (exact) mass is 187 g/mol. The Labute approximate surface area is 78.3 Å². The molecule has 0 saturated heterocycles. The molecule has 0 spiro atoms. The van der Waals surface area contributed by atoms with Crippen molar-refractivity contribution >= 4 is 11.3 Å². The molecule has 1 aromatic rings. The second kappa shape index (κ2) is 7.25. The molecule has 2 nitrogen and oxygen atoms in total. The summed E-state index contributed by atoms with van der Waals surface area (Å²) in [7, 11) is 0. The Kier molecular flexibility index (Phi) is 7.00. The van der Waals surface area contributed by atoms with Crippen LogP contribution in [0.15, 0.2) is 5.38 Å². The van der Waals surface area contributed by atoms with Gasteiger partial charge in [0.05, 0.1) is 12.3 Å². The lowest BCUT2D eigenvalue weighted by Crippen LogP contribution is -1.84. The predicted molar refractivity (Wildman–Crippen MR) is 53.4 cm³/mol. The number of nitrogens with zero attached hydrogens (tertiary/aromatic N) is 1. The highest BCUT2D eigenvalue weighted by Gasteiger charge is 1.97. The van der Waals surface area contributed by atoms with Gasteiger partial charge in [0.15, 0.2) is 0 Å². The van der Waals surface area contributed by atoms with Crippen LogP contribution in [0, 0.1) is 0 Å². The fourth-order valence-corrected chi connectivity index (χ4v) is 1.48. The normalized spacial score (nSPS) is 9.00. The van der Waals surface area contributed by atoms with Crippen molar-refractivity contribution in [3.63, 3.8) is 0 Å². The smallest absolute Gasteiger partial charge is 0.118 e. The van der Waals surface area contributed by atoms with Crippen LogP contribution in [0.5, 0.6) is 0 Å². The molecule has 0 aliphatic carbocycles. The van der Waals surface area contributed by atoms with E-state index in [1.54, 1.807) is 0 Å². The number of thiazole rings is 1. The molecule has 3 heteroatoms. The van der Waals surface area contributed by atoms with Gasteiger partial charge in [-0.1, -0.05) is 27.2 Å². The molecule has 0 saturated carbocycles. The van der Waals surface area contributed by atoms with Crippen LogP contribution in [0.2, 0.25) is 0 Å². The Balaban J connectivity index is 0.000000561. The second-order valence-corrected chi connectivity index (χ2v) is 3.08. The van der Waals surface area contributed by atoms with Crippen LogP contribution in [-0.2, 0) is 13.0 Å². The first-order valence-electron chi connectivity index (χ1n) is 4.41. The fraction of sp³-hybridized carbons (Fsp3) is 0.667. The van der Waals surface area contributed by atoms with Gasteiger partial charge < -0.3 is 5.11 Å². The lowest BCUT2D eigenvalue weighted by atomic mass is 10.3. The number of hydrogen-bond donors (Lipinski definition) is 1. The van der Waals surface area contributed by atoms with Gasteiger partial charge in [-0.2, -0.15) is 0 Å². The lowest BCUT2D eigenvalue weighted by molar-refractivity contribution is 0.281. The van der Waals surface area contributed by atoms with Crippen LogP contribution in [0.25, 0.3) is 0 Å². The minimum atomic E-state index is 0.0778. The molecule has 0 unspecified atom stereocenters. The molecule has 0 fully saturated rings. The Morgan fingerprint density at radius 1 is 1.50 bits per heavy atom. The maximum absolute atomic E-state index is 8.67. The van der Waals surface area contributed by atoms with Crippen molar-refractivity contribution in [3.8, 4) is 0 Å². The Morgan fingerprint density at radius 2 is 2.17 bits per heavy atom. The zero-order chi connectivity index (χ0) is 9.40. The van der Waals surface area contributed by atoms with Crippen LogP contribution in [0.4, 0.5) is 0 Å². The molecule has 0 aliphatic rings. The van der Waals surface area contributed by atoms with Crippen LogP contribution in [0.3, 0.4) is 0 Å². The molecule has 1 rings (SSSR count). The highest BCUT2D eigenvalue weighted by atomic mass is 32.1. The Morgan fingerprint density at radius 3 is 2.58 bits per heavy atom. The van der Waals surface area contributed by atoms with Gasteiger partial charge in [0.25, 0.3) is 0 Å². The van der Waals surface area contributed by atoms with Crippen molar-refractivity contribution in [2.75, 3.05) is 0 Å². The first kappa shape index (κ1) is 11.6. The summed E-state index contributed by atoms with van der Waals surface area (Å²) in [5, 5.41) is 11.5.